The van der Waals surface area contributed by atoms with Gasteiger partial charge >= 0.3 is 0 Å². The minimum atomic E-state index is -2.97. The fraction of sp³-hybridized carbons (Fsp3) is 0.316. The third-order valence-corrected chi connectivity index (χ3v) is 6.53. The molecule has 25 heavy (non-hydrogen) atoms. The summed E-state index contributed by atoms with van der Waals surface area (Å²) in [5, 5.41) is 3.68. The molecule has 4 nitrogen and oxygen atoms in total. The third-order valence-electron chi connectivity index (χ3n) is 4.44. The van der Waals surface area contributed by atoms with Crippen LogP contribution in [-0.4, -0.2) is 25.8 Å². The average Bonchev–Trinajstić information content (AvgIpc) is 2.93. The molecule has 0 saturated carbocycles. The first-order chi connectivity index (χ1) is 11.9. The van der Waals surface area contributed by atoms with Gasteiger partial charge < -0.3 is 5.32 Å². The van der Waals surface area contributed by atoms with Gasteiger partial charge in [-0.25, -0.2) is 8.42 Å². The SMILES string of the molecule is O=C(C[C@H]1CCS(=O)(=O)C1)N[C@@H](c1ccccc1)c1ccc(Cl)cc1. The highest BCUT2D eigenvalue weighted by Crippen LogP contribution is 2.25. The summed E-state index contributed by atoms with van der Waals surface area (Å²) in [6.45, 7) is 0. The fourth-order valence-corrected chi connectivity index (χ4v) is 5.16. The van der Waals surface area contributed by atoms with E-state index < -0.39 is 9.84 Å². The number of hydrogen-bond acceptors (Lipinski definition) is 3. The van der Waals surface area contributed by atoms with E-state index in [1.165, 1.54) is 0 Å². The van der Waals surface area contributed by atoms with Crippen molar-refractivity contribution >= 4 is 27.3 Å². The van der Waals surface area contributed by atoms with Crippen molar-refractivity contribution in [3.8, 4) is 0 Å². The number of rotatable bonds is 5. The molecule has 1 aliphatic rings. The monoisotopic (exact) mass is 377 g/mol. The van der Waals surface area contributed by atoms with E-state index in [1.54, 1.807) is 12.1 Å². The van der Waals surface area contributed by atoms with Crippen LogP contribution in [0.1, 0.15) is 30.0 Å². The first-order valence-corrected chi connectivity index (χ1v) is 10.4. The van der Waals surface area contributed by atoms with Crippen LogP contribution in [0, 0.1) is 5.92 Å². The highest BCUT2D eigenvalue weighted by molar-refractivity contribution is 7.91. The molecule has 0 unspecified atom stereocenters. The zero-order valence-electron chi connectivity index (χ0n) is 13.7. The summed E-state index contributed by atoms with van der Waals surface area (Å²) in [4.78, 5) is 12.5. The number of carbonyl (C=O) groups is 1. The van der Waals surface area contributed by atoms with Crippen LogP contribution >= 0.6 is 11.6 Å². The van der Waals surface area contributed by atoms with E-state index in [0.717, 1.165) is 11.1 Å². The number of halogens is 1. The third kappa shape index (κ3) is 4.83. The van der Waals surface area contributed by atoms with E-state index in [1.807, 2.05) is 42.5 Å². The maximum absolute atomic E-state index is 12.5. The van der Waals surface area contributed by atoms with Crippen LogP contribution in [0.25, 0.3) is 0 Å². The predicted octanol–water partition coefficient (Wildman–Crippen LogP) is 3.37. The lowest BCUT2D eigenvalue weighted by atomic mass is 9.97. The van der Waals surface area contributed by atoms with Gasteiger partial charge in [0.15, 0.2) is 9.84 Å². The summed E-state index contributed by atoms with van der Waals surface area (Å²) in [5.41, 5.74) is 1.90. The first-order valence-electron chi connectivity index (χ1n) is 8.23. The van der Waals surface area contributed by atoms with Crippen molar-refractivity contribution in [2.75, 3.05) is 11.5 Å². The number of hydrogen-bond donors (Lipinski definition) is 1. The van der Waals surface area contributed by atoms with Crippen LogP contribution in [0.15, 0.2) is 54.6 Å². The molecule has 1 amide bonds. The Morgan fingerprint density at radius 3 is 2.32 bits per heavy atom. The van der Waals surface area contributed by atoms with Crippen molar-refractivity contribution in [3.63, 3.8) is 0 Å². The molecule has 0 aliphatic carbocycles. The molecular formula is C19H20ClNO3S. The molecular weight excluding hydrogens is 358 g/mol. The second kappa shape index (κ2) is 7.58. The Morgan fingerprint density at radius 1 is 1.08 bits per heavy atom. The Hall–Kier alpha value is -1.85. The van der Waals surface area contributed by atoms with Gasteiger partial charge in [0.05, 0.1) is 17.5 Å². The van der Waals surface area contributed by atoms with Crippen molar-refractivity contribution in [2.45, 2.75) is 18.9 Å². The summed E-state index contributed by atoms with van der Waals surface area (Å²) in [5.74, 6) is 0.0688. The molecule has 132 valence electrons. The Bertz CT molecular complexity index is 835. The van der Waals surface area contributed by atoms with Crippen molar-refractivity contribution in [1.29, 1.82) is 0 Å². The van der Waals surface area contributed by atoms with Gasteiger partial charge in [-0.3, -0.25) is 4.79 Å². The molecule has 0 spiro atoms. The molecule has 0 radical (unpaired) electrons. The number of amides is 1. The molecule has 2 aromatic rings. The highest BCUT2D eigenvalue weighted by Gasteiger charge is 2.30. The molecule has 1 aliphatic heterocycles. The molecule has 1 fully saturated rings. The fourth-order valence-electron chi connectivity index (χ4n) is 3.17. The average molecular weight is 378 g/mol. The molecule has 2 aromatic carbocycles. The van der Waals surface area contributed by atoms with E-state index in [0.29, 0.717) is 11.4 Å². The Balaban J connectivity index is 1.76. The van der Waals surface area contributed by atoms with Gasteiger partial charge in [-0.2, -0.15) is 0 Å². The number of nitrogens with one attached hydrogen (secondary N) is 1. The smallest absolute Gasteiger partial charge is 0.221 e. The Kier molecular flexibility index (Phi) is 5.45. The zero-order valence-corrected chi connectivity index (χ0v) is 15.3. The van der Waals surface area contributed by atoms with Gasteiger partial charge in [-0.1, -0.05) is 54.1 Å². The molecule has 1 saturated heterocycles. The molecule has 1 heterocycles. The van der Waals surface area contributed by atoms with Gasteiger partial charge in [0.1, 0.15) is 0 Å². The van der Waals surface area contributed by atoms with Crippen molar-refractivity contribution in [3.05, 3.63) is 70.7 Å². The van der Waals surface area contributed by atoms with Crippen LogP contribution in [0.2, 0.25) is 5.02 Å². The van der Waals surface area contributed by atoms with Crippen LogP contribution in [0.3, 0.4) is 0 Å². The van der Waals surface area contributed by atoms with E-state index >= 15 is 0 Å². The zero-order chi connectivity index (χ0) is 17.9. The Labute approximate surface area is 153 Å². The van der Waals surface area contributed by atoms with Gasteiger partial charge in [0, 0.05) is 11.4 Å². The normalized spacial score (nSPS) is 20.1. The highest BCUT2D eigenvalue weighted by atomic mass is 35.5. The number of benzene rings is 2. The molecule has 1 N–H and O–H groups in total. The van der Waals surface area contributed by atoms with E-state index in [9.17, 15) is 13.2 Å². The lowest BCUT2D eigenvalue weighted by Crippen LogP contribution is -2.31. The van der Waals surface area contributed by atoms with Gasteiger partial charge in [0.25, 0.3) is 0 Å². The summed E-state index contributed by atoms with van der Waals surface area (Å²) in [6.07, 6.45) is 0.794. The minimum Gasteiger partial charge on any atom is -0.345 e. The van der Waals surface area contributed by atoms with Gasteiger partial charge in [0.2, 0.25) is 5.91 Å². The number of carbonyl (C=O) groups excluding carboxylic acids is 1. The van der Waals surface area contributed by atoms with Gasteiger partial charge in [-0.15, -0.1) is 0 Å². The predicted molar refractivity (Wildman–Crippen MR) is 99.3 cm³/mol. The lowest BCUT2D eigenvalue weighted by molar-refractivity contribution is -0.122. The summed E-state index contributed by atoms with van der Waals surface area (Å²) in [7, 11) is -2.97. The van der Waals surface area contributed by atoms with Crippen molar-refractivity contribution < 1.29 is 13.2 Å². The van der Waals surface area contributed by atoms with E-state index in [2.05, 4.69) is 5.32 Å². The van der Waals surface area contributed by atoms with Crippen molar-refractivity contribution in [1.82, 2.24) is 5.32 Å². The summed E-state index contributed by atoms with van der Waals surface area (Å²) in [6, 6.07) is 16.8. The van der Waals surface area contributed by atoms with Crippen molar-refractivity contribution in [2.24, 2.45) is 5.92 Å². The van der Waals surface area contributed by atoms with Crippen LogP contribution in [0.4, 0.5) is 0 Å². The maximum Gasteiger partial charge on any atom is 0.221 e. The van der Waals surface area contributed by atoms with Gasteiger partial charge in [-0.05, 0) is 35.6 Å². The molecule has 0 bridgehead atoms. The molecule has 0 aromatic heterocycles. The second-order valence-corrected chi connectivity index (χ2v) is 9.10. The summed E-state index contributed by atoms with van der Waals surface area (Å²) >= 11 is 5.96. The van der Waals surface area contributed by atoms with E-state index in [4.69, 9.17) is 11.6 Å². The Morgan fingerprint density at radius 2 is 1.72 bits per heavy atom. The minimum absolute atomic E-state index is 0.0911. The molecule has 2 atom stereocenters. The van der Waals surface area contributed by atoms with Crippen LogP contribution < -0.4 is 5.32 Å². The van der Waals surface area contributed by atoms with Crippen LogP contribution in [-0.2, 0) is 14.6 Å². The summed E-state index contributed by atoms with van der Waals surface area (Å²) < 4.78 is 23.2. The lowest BCUT2D eigenvalue weighted by Gasteiger charge is -2.21. The standard InChI is InChI=1S/C19H20ClNO3S/c20-17-8-6-16(7-9-17)19(15-4-2-1-3-5-15)21-18(22)12-14-10-11-25(23,24)13-14/h1-9,14,19H,10-13H2,(H,21,22)/t14-,19+/m1/s1. The largest absolute Gasteiger partial charge is 0.345 e. The van der Waals surface area contributed by atoms with E-state index in [-0.39, 0.29) is 35.8 Å². The maximum atomic E-state index is 12.5. The molecule has 6 heteroatoms. The van der Waals surface area contributed by atoms with Crippen LogP contribution in [0.5, 0.6) is 0 Å². The molecule has 3 rings (SSSR count). The second-order valence-electron chi connectivity index (χ2n) is 6.44. The topological polar surface area (TPSA) is 63.2 Å². The quantitative estimate of drug-likeness (QED) is 0.868. The first kappa shape index (κ1) is 18.0. The number of sulfone groups is 1.